The molecule has 0 aliphatic carbocycles. The third-order valence-electron chi connectivity index (χ3n) is 6.43. The van der Waals surface area contributed by atoms with E-state index in [1.807, 2.05) is 31.2 Å². The lowest BCUT2D eigenvalue weighted by Crippen LogP contribution is -2.42. The highest BCUT2D eigenvalue weighted by Crippen LogP contribution is 2.31. The number of nitrogens with one attached hydrogen (secondary N) is 1. The number of aryl methyl sites for hydroxylation is 1. The lowest BCUT2D eigenvalue weighted by molar-refractivity contribution is -0.00265. The topological polar surface area (TPSA) is 111 Å². The molecule has 2 aliphatic rings. The molecule has 0 saturated carbocycles. The summed E-state index contributed by atoms with van der Waals surface area (Å²) < 4.78 is 41.4. The number of benzene rings is 1. The predicted octanol–water partition coefficient (Wildman–Crippen LogP) is 2.83. The minimum absolute atomic E-state index is 0.0540. The van der Waals surface area contributed by atoms with Gasteiger partial charge in [-0.05, 0) is 37.1 Å². The second-order valence-electron chi connectivity index (χ2n) is 8.65. The van der Waals surface area contributed by atoms with Crippen molar-refractivity contribution in [3.63, 3.8) is 0 Å². The summed E-state index contributed by atoms with van der Waals surface area (Å²) in [6, 6.07) is 8.99. The molecule has 1 N–H and O–H groups in total. The normalized spacial score (nSPS) is 20.9. The molecule has 0 amide bonds. The van der Waals surface area contributed by atoms with Gasteiger partial charge in [-0.25, -0.2) is 13.4 Å². The van der Waals surface area contributed by atoms with E-state index < -0.39 is 16.1 Å². The highest BCUT2D eigenvalue weighted by molar-refractivity contribution is 7.89. The summed E-state index contributed by atoms with van der Waals surface area (Å²) in [5.41, 5.74) is 0.860. The summed E-state index contributed by atoms with van der Waals surface area (Å²) >= 11 is 6.48. The van der Waals surface area contributed by atoms with E-state index in [0.29, 0.717) is 18.0 Å². The van der Waals surface area contributed by atoms with Gasteiger partial charge in [-0.3, -0.25) is 0 Å². The smallest absolute Gasteiger partial charge is 0.244 e. The molecule has 1 saturated heterocycles. The summed E-state index contributed by atoms with van der Waals surface area (Å²) in [5, 5.41) is 11.9. The van der Waals surface area contributed by atoms with Gasteiger partial charge in [0.25, 0.3) is 0 Å². The molecule has 0 bridgehead atoms. The van der Waals surface area contributed by atoms with Crippen LogP contribution in [-0.2, 0) is 27.7 Å². The number of hydrogen-bond donors (Lipinski definition) is 1. The maximum absolute atomic E-state index is 13.4. The number of pyridine rings is 1. The Morgan fingerprint density at radius 2 is 2.09 bits per heavy atom. The van der Waals surface area contributed by atoms with Gasteiger partial charge in [0.15, 0.2) is 0 Å². The van der Waals surface area contributed by atoms with E-state index >= 15 is 0 Å². The summed E-state index contributed by atoms with van der Waals surface area (Å²) in [7, 11) is -2.21. The van der Waals surface area contributed by atoms with Crippen LogP contribution in [0.3, 0.4) is 0 Å². The number of hydrogen-bond acceptors (Lipinski definition) is 8. The zero-order valence-corrected chi connectivity index (χ0v) is 21.1. The van der Waals surface area contributed by atoms with Gasteiger partial charge < -0.3 is 19.4 Å². The number of rotatable bonds is 6. The lowest BCUT2D eigenvalue weighted by Gasteiger charge is -2.32. The molecule has 2 unspecified atom stereocenters. The van der Waals surface area contributed by atoms with Gasteiger partial charge in [0, 0.05) is 38.3 Å². The summed E-state index contributed by atoms with van der Waals surface area (Å²) in [6.45, 7) is 3.47. The SMILES string of the molecule is COc1cccc(C2CN(S(=O)(=O)c3cnc(NC4CCn5c(C)nnc5C4)c(Cl)c3)CCO2)c1. The van der Waals surface area contributed by atoms with Crippen LogP contribution in [0.1, 0.15) is 29.7 Å². The van der Waals surface area contributed by atoms with E-state index in [-0.39, 0.29) is 35.7 Å². The predicted molar refractivity (Wildman–Crippen MR) is 130 cm³/mol. The molecule has 5 rings (SSSR count). The third-order valence-corrected chi connectivity index (χ3v) is 8.55. The average molecular weight is 519 g/mol. The van der Waals surface area contributed by atoms with Gasteiger partial charge in [-0.2, -0.15) is 4.31 Å². The van der Waals surface area contributed by atoms with Crippen LogP contribution in [0.25, 0.3) is 0 Å². The van der Waals surface area contributed by atoms with Crippen molar-refractivity contribution in [3.05, 3.63) is 58.8 Å². The number of nitrogens with zero attached hydrogens (tertiary/aromatic N) is 5. The second kappa shape index (κ2) is 9.73. The Labute approximate surface area is 209 Å². The number of halogens is 1. The highest BCUT2D eigenvalue weighted by Gasteiger charge is 2.32. The first-order valence-electron chi connectivity index (χ1n) is 11.4. The van der Waals surface area contributed by atoms with Crippen LogP contribution in [0.2, 0.25) is 5.02 Å². The summed E-state index contributed by atoms with van der Waals surface area (Å²) in [6.07, 6.45) is 2.52. The van der Waals surface area contributed by atoms with Crippen molar-refractivity contribution in [1.82, 2.24) is 24.1 Å². The van der Waals surface area contributed by atoms with Crippen LogP contribution in [0, 0.1) is 6.92 Å². The Balaban J connectivity index is 1.30. The molecule has 4 heterocycles. The first kappa shape index (κ1) is 24.0. The Morgan fingerprint density at radius 1 is 1.23 bits per heavy atom. The van der Waals surface area contributed by atoms with E-state index in [1.54, 1.807) is 7.11 Å². The number of anilines is 1. The second-order valence-corrected chi connectivity index (χ2v) is 11.0. The Kier molecular flexibility index (Phi) is 6.67. The van der Waals surface area contributed by atoms with Gasteiger partial charge in [-0.15, -0.1) is 10.2 Å². The highest BCUT2D eigenvalue weighted by atomic mass is 35.5. The molecule has 0 spiro atoms. The minimum Gasteiger partial charge on any atom is -0.497 e. The van der Waals surface area contributed by atoms with Crippen molar-refractivity contribution >= 4 is 27.4 Å². The number of morpholine rings is 1. The van der Waals surface area contributed by atoms with E-state index in [1.165, 1.54) is 16.6 Å². The van der Waals surface area contributed by atoms with Gasteiger partial charge in [0.05, 0.1) is 24.8 Å². The maximum Gasteiger partial charge on any atom is 0.244 e. The fourth-order valence-electron chi connectivity index (χ4n) is 4.49. The molecule has 1 aromatic carbocycles. The Hall–Kier alpha value is -2.73. The van der Waals surface area contributed by atoms with Gasteiger partial charge >= 0.3 is 0 Å². The van der Waals surface area contributed by atoms with Crippen molar-refractivity contribution < 1.29 is 17.9 Å². The van der Waals surface area contributed by atoms with Gasteiger partial charge in [0.1, 0.15) is 28.1 Å². The molecule has 10 nitrogen and oxygen atoms in total. The minimum atomic E-state index is -3.80. The number of fused-ring (bicyclic) bond motifs is 1. The van der Waals surface area contributed by atoms with Gasteiger partial charge in [-0.1, -0.05) is 23.7 Å². The molecule has 3 aromatic rings. The van der Waals surface area contributed by atoms with Crippen LogP contribution in [0.15, 0.2) is 41.4 Å². The van der Waals surface area contributed by atoms with Crippen molar-refractivity contribution in [2.45, 2.75) is 43.4 Å². The molecule has 12 heteroatoms. The zero-order valence-electron chi connectivity index (χ0n) is 19.5. The quantitative estimate of drug-likeness (QED) is 0.530. The van der Waals surface area contributed by atoms with Crippen LogP contribution in [0.4, 0.5) is 5.82 Å². The molecule has 35 heavy (non-hydrogen) atoms. The number of ether oxygens (including phenoxy) is 2. The number of aromatic nitrogens is 4. The van der Waals surface area contributed by atoms with Crippen molar-refractivity contribution in [3.8, 4) is 5.75 Å². The number of sulfonamides is 1. The Bertz CT molecular complexity index is 1330. The first-order valence-corrected chi connectivity index (χ1v) is 13.2. The summed E-state index contributed by atoms with van der Waals surface area (Å²) in [4.78, 5) is 4.41. The van der Waals surface area contributed by atoms with Crippen LogP contribution in [-0.4, -0.2) is 65.3 Å². The molecule has 1 fully saturated rings. The monoisotopic (exact) mass is 518 g/mol. The molecular formula is C23H27ClN6O4S. The summed E-state index contributed by atoms with van der Waals surface area (Å²) in [5.74, 6) is 2.97. The van der Waals surface area contributed by atoms with E-state index in [2.05, 4.69) is 25.1 Å². The lowest BCUT2D eigenvalue weighted by atomic mass is 10.1. The van der Waals surface area contributed by atoms with E-state index in [0.717, 1.165) is 30.2 Å². The van der Waals surface area contributed by atoms with Crippen LogP contribution < -0.4 is 10.1 Å². The van der Waals surface area contributed by atoms with Crippen molar-refractivity contribution in [2.75, 3.05) is 32.1 Å². The number of methoxy groups -OCH3 is 1. The largest absolute Gasteiger partial charge is 0.497 e. The van der Waals surface area contributed by atoms with E-state index in [9.17, 15) is 8.42 Å². The average Bonchev–Trinajstić information content (AvgIpc) is 3.25. The van der Waals surface area contributed by atoms with Crippen molar-refractivity contribution in [2.24, 2.45) is 0 Å². The Morgan fingerprint density at radius 3 is 2.89 bits per heavy atom. The van der Waals surface area contributed by atoms with E-state index in [4.69, 9.17) is 21.1 Å². The maximum atomic E-state index is 13.4. The zero-order chi connectivity index (χ0) is 24.6. The molecular weight excluding hydrogens is 492 g/mol. The van der Waals surface area contributed by atoms with Crippen LogP contribution in [0.5, 0.6) is 5.75 Å². The molecule has 2 aliphatic heterocycles. The van der Waals surface area contributed by atoms with Crippen molar-refractivity contribution in [1.29, 1.82) is 0 Å². The first-order chi connectivity index (χ1) is 16.8. The molecule has 2 atom stereocenters. The molecule has 186 valence electrons. The standard InChI is InChI=1S/C23H27ClN6O4S/c1-15-27-28-22-11-17(6-7-30(15)22)26-23-20(24)12-19(13-25-23)35(31,32)29-8-9-34-21(14-29)16-4-3-5-18(10-16)33-2/h3-5,10,12-13,17,21H,6-9,11,14H2,1-2H3,(H,25,26). The molecule has 2 aromatic heterocycles. The van der Waals surface area contributed by atoms with Gasteiger partial charge in [0.2, 0.25) is 10.0 Å². The fraction of sp³-hybridized carbons (Fsp3) is 0.435. The third kappa shape index (κ3) is 4.86. The van der Waals surface area contributed by atoms with Crippen LogP contribution >= 0.6 is 11.6 Å². The molecule has 0 radical (unpaired) electrons. The fourth-order valence-corrected chi connectivity index (χ4v) is 6.18.